The highest BCUT2D eigenvalue weighted by molar-refractivity contribution is 6.30. The van der Waals surface area contributed by atoms with Crippen LogP contribution >= 0.6 is 11.6 Å². The minimum atomic E-state index is 0.0655. The average molecular weight is 330 g/mol. The lowest BCUT2D eigenvalue weighted by Gasteiger charge is -2.26. The summed E-state index contributed by atoms with van der Waals surface area (Å²) in [6, 6.07) is 16.0. The van der Waals surface area contributed by atoms with Crippen LogP contribution in [0.1, 0.15) is 17.2 Å². The third-order valence-corrected chi connectivity index (χ3v) is 4.12. The molecule has 0 saturated heterocycles. The van der Waals surface area contributed by atoms with Crippen molar-refractivity contribution >= 4 is 17.4 Å². The third kappa shape index (κ3) is 3.84. The van der Waals surface area contributed by atoms with Crippen LogP contribution in [0.2, 0.25) is 5.02 Å². The van der Waals surface area contributed by atoms with E-state index < -0.39 is 0 Å². The Bertz CT molecular complexity index is 685. The normalized spacial score (nSPS) is 17.5. The minimum Gasteiger partial charge on any atom is -0.496 e. The molecule has 2 aromatic carbocycles. The molecular formula is C18H20ClN3O. The number of rotatable bonds is 4. The van der Waals surface area contributed by atoms with Gasteiger partial charge in [0, 0.05) is 23.7 Å². The van der Waals surface area contributed by atoms with Crippen LogP contribution < -0.4 is 15.4 Å². The topological polar surface area (TPSA) is 45.6 Å². The summed E-state index contributed by atoms with van der Waals surface area (Å²) < 4.78 is 5.40. The number of hydrogen-bond acceptors (Lipinski definition) is 4. The lowest BCUT2D eigenvalue weighted by Crippen LogP contribution is -2.42. The summed E-state index contributed by atoms with van der Waals surface area (Å²) in [5.74, 6) is 1.83. The zero-order chi connectivity index (χ0) is 16.1. The van der Waals surface area contributed by atoms with Gasteiger partial charge in [-0.05, 0) is 23.8 Å². The number of aliphatic imine (C=N–C) groups is 1. The molecule has 2 N–H and O–H groups in total. The second-order valence-electron chi connectivity index (χ2n) is 5.37. The van der Waals surface area contributed by atoms with Crippen LogP contribution in [-0.4, -0.2) is 26.0 Å². The molecule has 0 aromatic heterocycles. The van der Waals surface area contributed by atoms with Gasteiger partial charge in [0.15, 0.2) is 0 Å². The lowest BCUT2D eigenvalue weighted by atomic mass is 10.0. The highest BCUT2D eigenvalue weighted by Crippen LogP contribution is 2.21. The van der Waals surface area contributed by atoms with Crippen LogP contribution in [0.15, 0.2) is 53.5 Å². The van der Waals surface area contributed by atoms with Crippen molar-refractivity contribution < 1.29 is 4.74 Å². The zero-order valence-electron chi connectivity index (χ0n) is 13.1. The zero-order valence-corrected chi connectivity index (χ0v) is 13.8. The van der Waals surface area contributed by atoms with Crippen LogP contribution in [0.4, 0.5) is 0 Å². The first-order chi connectivity index (χ1) is 11.3. The van der Waals surface area contributed by atoms with Crippen LogP contribution in [0.25, 0.3) is 0 Å². The molecule has 4 nitrogen and oxygen atoms in total. The van der Waals surface area contributed by atoms with Crippen molar-refractivity contribution in [2.24, 2.45) is 4.99 Å². The van der Waals surface area contributed by atoms with E-state index in [1.165, 1.54) is 0 Å². The molecule has 1 heterocycles. The molecule has 2 aromatic rings. The molecule has 0 saturated carbocycles. The van der Waals surface area contributed by atoms with E-state index in [1.54, 1.807) is 7.11 Å². The van der Waals surface area contributed by atoms with Crippen LogP contribution in [0, 0.1) is 0 Å². The summed E-state index contributed by atoms with van der Waals surface area (Å²) in [5, 5.41) is 7.69. The van der Waals surface area contributed by atoms with E-state index >= 15 is 0 Å². The fourth-order valence-corrected chi connectivity index (χ4v) is 2.82. The molecule has 0 amide bonds. The molecular weight excluding hydrogens is 310 g/mol. The van der Waals surface area contributed by atoms with E-state index in [9.17, 15) is 0 Å². The van der Waals surface area contributed by atoms with Crippen LogP contribution in [-0.2, 0) is 6.54 Å². The number of methoxy groups -OCH3 is 1. The second-order valence-corrected chi connectivity index (χ2v) is 5.81. The van der Waals surface area contributed by atoms with Crippen molar-refractivity contribution in [3.63, 3.8) is 0 Å². The Morgan fingerprint density at radius 3 is 2.78 bits per heavy atom. The van der Waals surface area contributed by atoms with Gasteiger partial charge in [0.1, 0.15) is 11.6 Å². The maximum absolute atomic E-state index is 5.98. The van der Waals surface area contributed by atoms with Gasteiger partial charge in [0.25, 0.3) is 0 Å². The van der Waals surface area contributed by atoms with E-state index in [0.717, 1.165) is 40.8 Å². The largest absolute Gasteiger partial charge is 0.496 e. The number of hydrogen-bond donors (Lipinski definition) is 2. The number of amidine groups is 1. The average Bonchev–Trinajstić information content (AvgIpc) is 2.61. The van der Waals surface area contributed by atoms with Crippen molar-refractivity contribution in [3.8, 4) is 5.75 Å². The number of benzene rings is 2. The van der Waals surface area contributed by atoms with Crippen LogP contribution in [0.3, 0.4) is 0 Å². The number of nitrogens with zero attached hydrogens (tertiary/aromatic N) is 1. The van der Waals surface area contributed by atoms with Crippen molar-refractivity contribution in [3.05, 3.63) is 64.7 Å². The van der Waals surface area contributed by atoms with Crippen molar-refractivity contribution in [2.75, 3.05) is 20.2 Å². The van der Waals surface area contributed by atoms with Gasteiger partial charge in [0.05, 0.1) is 19.7 Å². The first-order valence-electron chi connectivity index (χ1n) is 7.67. The summed E-state index contributed by atoms with van der Waals surface area (Å²) in [6.07, 6.45) is 0. The molecule has 23 heavy (non-hydrogen) atoms. The predicted molar refractivity (Wildman–Crippen MR) is 94.3 cm³/mol. The van der Waals surface area contributed by atoms with E-state index in [0.29, 0.717) is 6.54 Å². The summed E-state index contributed by atoms with van der Waals surface area (Å²) in [5.41, 5.74) is 2.26. The Balaban J connectivity index is 1.74. The summed E-state index contributed by atoms with van der Waals surface area (Å²) in [7, 11) is 1.69. The van der Waals surface area contributed by atoms with E-state index in [1.807, 2.05) is 42.5 Å². The number of nitrogens with one attached hydrogen (secondary N) is 2. The Labute approximate surface area is 141 Å². The minimum absolute atomic E-state index is 0.0655. The first-order valence-corrected chi connectivity index (χ1v) is 8.04. The van der Waals surface area contributed by atoms with E-state index in [4.69, 9.17) is 16.3 Å². The second kappa shape index (κ2) is 7.49. The van der Waals surface area contributed by atoms with Crippen LogP contribution in [0.5, 0.6) is 5.75 Å². The van der Waals surface area contributed by atoms with Gasteiger partial charge in [0.2, 0.25) is 0 Å². The van der Waals surface area contributed by atoms with Gasteiger partial charge in [-0.15, -0.1) is 0 Å². The van der Waals surface area contributed by atoms with Gasteiger partial charge in [-0.25, -0.2) is 0 Å². The summed E-state index contributed by atoms with van der Waals surface area (Å²) in [6.45, 7) is 2.32. The monoisotopic (exact) mass is 329 g/mol. The third-order valence-electron chi connectivity index (χ3n) is 3.87. The van der Waals surface area contributed by atoms with Gasteiger partial charge in [-0.2, -0.15) is 0 Å². The SMILES string of the molecule is COc1ccccc1CNC1=NCCNC1c1ccc(Cl)cc1. The first kappa shape index (κ1) is 15.8. The molecule has 3 rings (SSSR count). The summed E-state index contributed by atoms with van der Waals surface area (Å²) in [4.78, 5) is 4.65. The van der Waals surface area contributed by atoms with Gasteiger partial charge in [-0.1, -0.05) is 41.9 Å². The standard InChI is InChI=1S/C18H20ClN3O/c1-23-16-5-3-2-4-14(16)12-22-18-17(20-10-11-21-18)13-6-8-15(19)9-7-13/h2-9,17,20H,10-12H2,1H3,(H,21,22). The van der Waals surface area contributed by atoms with E-state index in [-0.39, 0.29) is 6.04 Å². The van der Waals surface area contributed by atoms with Gasteiger partial charge >= 0.3 is 0 Å². The molecule has 5 heteroatoms. The Hall–Kier alpha value is -2.04. The molecule has 1 unspecified atom stereocenters. The van der Waals surface area contributed by atoms with Gasteiger partial charge in [-0.3, -0.25) is 4.99 Å². The fraction of sp³-hybridized carbons (Fsp3) is 0.278. The summed E-state index contributed by atoms with van der Waals surface area (Å²) >= 11 is 5.98. The van der Waals surface area contributed by atoms with Crippen molar-refractivity contribution in [1.82, 2.24) is 10.6 Å². The van der Waals surface area contributed by atoms with Crippen molar-refractivity contribution in [1.29, 1.82) is 0 Å². The molecule has 1 aliphatic heterocycles. The molecule has 0 spiro atoms. The molecule has 0 aliphatic carbocycles. The smallest absolute Gasteiger partial charge is 0.123 e. The predicted octanol–water partition coefficient (Wildman–Crippen LogP) is 3.18. The highest BCUT2D eigenvalue weighted by atomic mass is 35.5. The molecule has 1 aliphatic rings. The lowest BCUT2D eigenvalue weighted by molar-refractivity contribution is 0.409. The molecule has 1 atom stereocenters. The molecule has 0 bridgehead atoms. The van der Waals surface area contributed by atoms with E-state index in [2.05, 4.69) is 21.7 Å². The molecule has 0 fully saturated rings. The fourth-order valence-electron chi connectivity index (χ4n) is 2.70. The number of ether oxygens (including phenoxy) is 1. The Kier molecular flexibility index (Phi) is 5.16. The quantitative estimate of drug-likeness (QED) is 0.905. The van der Waals surface area contributed by atoms with Crippen molar-refractivity contribution in [2.45, 2.75) is 12.6 Å². The number of halogens is 1. The Morgan fingerprint density at radius 1 is 1.22 bits per heavy atom. The molecule has 120 valence electrons. The number of para-hydroxylation sites is 1. The maximum Gasteiger partial charge on any atom is 0.123 e. The highest BCUT2D eigenvalue weighted by Gasteiger charge is 2.20. The maximum atomic E-state index is 5.98. The van der Waals surface area contributed by atoms with Gasteiger partial charge < -0.3 is 15.4 Å². The Morgan fingerprint density at radius 2 is 2.00 bits per heavy atom. The molecule has 0 radical (unpaired) electrons.